The number of carbonyl (C=O) groups is 2. The summed E-state index contributed by atoms with van der Waals surface area (Å²) in [6, 6.07) is 6.52. The predicted molar refractivity (Wildman–Crippen MR) is 48.3 cm³/mol. The Labute approximate surface area is 75.4 Å². The number of carboxylic acid groups (broad SMARTS) is 1. The minimum atomic E-state index is -1.09. The number of nitrogens with zero attached hydrogens (tertiary/aromatic N) is 1. The molecule has 0 saturated heterocycles. The molecular formula is C9H9NO3. The molecule has 1 amide bonds. The molecule has 0 heterocycles. The first-order valence-corrected chi connectivity index (χ1v) is 3.67. The van der Waals surface area contributed by atoms with Gasteiger partial charge in [0.15, 0.2) is 6.29 Å². The first kappa shape index (κ1) is 9.25. The topological polar surface area (TPSA) is 57.6 Å². The lowest BCUT2D eigenvalue weighted by Crippen LogP contribution is -2.24. The van der Waals surface area contributed by atoms with Crippen molar-refractivity contribution in [2.24, 2.45) is 0 Å². The van der Waals surface area contributed by atoms with Gasteiger partial charge in [0, 0.05) is 12.6 Å². The Hall–Kier alpha value is -1.84. The highest BCUT2D eigenvalue weighted by Crippen LogP contribution is 2.16. The molecule has 0 aliphatic carbocycles. The van der Waals surface area contributed by atoms with E-state index in [9.17, 15) is 9.59 Å². The third-order valence-corrected chi connectivity index (χ3v) is 1.71. The second-order valence-electron chi connectivity index (χ2n) is 2.52. The van der Waals surface area contributed by atoms with E-state index in [4.69, 9.17) is 5.11 Å². The first-order valence-electron chi connectivity index (χ1n) is 3.67. The van der Waals surface area contributed by atoms with Gasteiger partial charge in [-0.2, -0.15) is 0 Å². The number of hydrogen-bond acceptors (Lipinski definition) is 2. The summed E-state index contributed by atoms with van der Waals surface area (Å²) < 4.78 is 0. The third-order valence-electron chi connectivity index (χ3n) is 1.71. The Morgan fingerprint density at radius 1 is 1.46 bits per heavy atom. The average molecular weight is 179 g/mol. The lowest BCUT2D eigenvalue weighted by molar-refractivity contribution is 0.112. The molecule has 0 saturated carbocycles. The Bertz CT molecular complexity index is 335. The maximum atomic E-state index is 10.6. The van der Waals surface area contributed by atoms with Crippen LogP contribution in [-0.2, 0) is 0 Å². The van der Waals surface area contributed by atoms with Gasteiger partial charge in [-0.25, -0.2) is 4.79 Å². The maximum absolute atomic E-state index is 10.6. The molecule has 1 N–H and O–H groups in total. The minimum Gasteiger partial charge on any atom is -0.465 e. The molecule has 0 radical (unpaired) electrons. The van der Waals surface area contributed by atoms with Crippen LogP contribution in [0.1, 0.15) is 10.4 Å². The number of amides is 1. The van der Waals surface area contributed by atoms with Crippen molar-refractivity contribution in [3.63, 3.8) is 0 Å². The SMILES string of the molecule is CN(C(=O)O)c1ccccc1C=O. The van der Waals surface area contributed by atoms with Gasteiger partial charge in [-0.15, -0.1) is 0 Å². The van der Waals surface area contributed by atoms with Crippen LogP contribution in [0.2, 0.25) is 0 Å². The average Bonchev–Trinajstić information content (AvgIpc) is 2.16. The van der Waals surface area contributed by atoms with Gasteiger partial charge in [0.1, 0.15) is 0 Å². The standard InChI is InChI=1S/C9H9NO3/c1-10(9(12)13)8-5-3-2-4-7(8)6-11/h2-6H,1H3,(H,12,13). The third kappa shape index (κ3) is 1.84. The summed E-state index contributed by atoms with van der Waals surface area (Å²) in [4.78, 5) is 22.1. The number of hydrogen-bond donors (Lipinski definition) is 1. The van der Waals surface area contributed by atoms with Crippen LogP contribution in [-0.4, -0.2) is 24.5 Å². The van der Waals surface area contributed by atoms with Gasteiger partial charge < -0.3 is 5.11 Å². The molecule has 0 unspecified atom stereocenters. The zero-order valence-electron chi connectivity index (χ0n) is 7.10. The molecule has 1 rings (SSSR count). The van der Waals surface area contributed by atoms with Crippen molar-refractivity contribution >= 4 is 18.1 Å². The summed E-state index contributed by atoms with van der Waals surface area (Å²) in [7, 11) is 1.39. The van der Waals surface area contributed by atoms with Gasteiger partial charge in [0.05, 0.1) is 5.69 Å². The number of benzene rings is 1. The van der Waals surface area contributed by atoms with E-state index in [1.807, 2.05) is 0 Å². The van der Waals surface area contributed by atoms with Crippen molar-refractivity contribution in [3.8, 4) is 0 Å². The molecule has 0 aromatic heterocycles. The molecule has 0 bridgehead atoms. The maximum Gasteiger partial charge on any atom is 0.411 e. The molecule has 0 aliphatic heterocycles. The fourth-order valence-electron chi connectivity index (χ4n) is 0.996. The van der Waals surface area contributed by atoms with Crippen molar-refractivity contribution in [2.75, 3.05) is 11.9 Å². The summed E-state index contributed by atoms with van der Waals surface area (Å²) >= 11 is 0. The van der Waals surface area contributed by atoms with Gasteiger partial charge in [-0.1, -0.05) is 12.1 Å². The molecule has 4 heteroatoms. The van der Waals surface area contributed by atoms with Crippen LogP contribution in [0.15, 0.2) is 24.3 Å². The summed E-state index contributed by atoms with van der Waals surface area (Å²) in [5, 5.41) is 8.67. The lowest BCUT2D eigenvalue weighted by Gasteiger charge is -2.14. The molecule has 0 spiro atoms. The highest BCUT2D eigenvalue weighted by molar-refractivity contribution is 5.93. The number of para-hydroxylation sites is 1. The zero-order chi connectivity index (χ0) is 9.84. The fourth-order valence-corrected chi connectivity index (χ4v) is 0.996. The lowest BCUT2D eigenvalue weighted by atomic mass is 10.2. The van der Waals surface area contributed by atoms with Crippen molar-refractivity contribution in [1.82, 2.24) is 0 Å². The number of rotatable bonds is 2. The molecule has 13 heavy (non-hydrogen) atoms. The monoisotopic (exact) mass is 179 g/mol. The second-order valence-corrected chi connectivity index (χ2v) is 2.52. The van der Waals surface area contributed by atoms with Gasteiger partial charge in [-0.3, -0.25) is 9.69 Å². The van der Waals surface area contributed by atoms with Crippen molar-refractivity contribution in [1.29, 1.82) is 0 Å². The number of aldehydes is 1. The Balaban J connectivity index is 3.12. The van der Waals surface area contributed by atoms with E-state index in [0.29, 0.717) is 17.5 Å². The van der Waals surface area contributed by atoms with Crippen LogP contribution in [0.4, 0.5) is 10.5 Å². The van der Waals surface area contributed by atoms with E-state index in [-0.39, 0.29) is 0 Å². The van der Waals surface area contributed by atoms with Crippen molar-refractivity contribution < 1.29 is 14.7 Å². The smallest absolute Gasteiger partial charge is 0.411 e. The van der Waals surface area contributed by atoms with Crippen molar-refractivity contribution in [2.45, 2.75) is 0 Å². The van der Waals surface area contributed by atoms with Gasteiger partial charge in [0.2, 0.25) is 0 Å². The predicted octanol–water partition coefficient (Wildman–Crippen LogP) is 1.61. The van der Waals surface area contributed by atoms with Crippen LogP contribution in [0.3, 0.4) is 0 Å². The molecule has 0 atom stereocenters. The second kappa shape index (κ2) is 3.71. The molecule has 0 aliphatic rings. The Kier molecular flexibility index (Phi) is 2.64. The molecule has 1 aromatic rings. The molecule has 68 valence electrons. The molecule has 1 aromatic carbocycles. The number of anilines is 1. The van der Waals surface area contributed by atoms with Gasteiger partial charge >= 0.3 is 6.09 Å². The molecule has 4 nitrogen and oxygen atoms in total. The summed E-state index contributed by atoms with van der Waals surface area (Å²) in [5.41, 5.74) is 0.761. The summed E-state index contributed by atoms with van der Waals surface area (Å²) in [5.74, 6) is 0. The quantitative estimate of drug-likeness (QED) is 0.701. The highest BCUT2D eigenvalue weighted by Gasteiger charge is 2.11. The Morgan fingerprint density at radius 3 is 2.62 bits per heavy atom. The van der Waals surface area contributed by atoms with E-state index >= 15 is 0 Å². The van der Waals surface area contributed by atoms with Crippen LogP contribution in [0.25, 0.3) is 0 Å². The van der Waals surface area contributed by atoms with E-state index in [0.717, 1.165) is 4.90 Å². The minimum absolute atomic E-state index is 0.368. The zero-order valence-corrected chi connectivity index (χ0v) is 7.10. The van der Waals surface area contributed by atoms with Crippen LogP contribution in [0, 0.1) is 0 Å². The number of carbonyl (C=O) groups excluding carboxylic acids is 1. The highest BCUT2D eigenvalue weighted by atomic mass is 16.4. The summed E-state index contributed by atoms with van der Waals surface area (Å²) in [6.07, 6.45) is -0.455. The molecular weight excluding hydrogens is 170 g/mol. The van der Waals surface area contributed by atoms with Crippen LogP contribution < -0.4 is 4.90 Å². The first-order chi connectivity index (χ1) is 6.16. The van der Waals surface area contributed by atoms with Gasteiger partial charge in [-0.05, 0) is 12.1 Å². The fraction of sp³-hybridized carbons (Fsp3) is 0.111. The van der Waals surface area contributed by atoms with E-state index in [2.05, 4.69) is 0 Å². The largest absolute Gasteiger partial charge is 0.465 e. The van der Waals surface area contributed by atoms with E-state index < -0.39 is 6.09 Å². The van der Waals surface area contributed by atoms with E-state index in [1.165, 1.54) is 7.05 Å². The Morgan fingerprint density at radius 2 is 2.08 bits per heavy atom. The normalized spacial score (nSPS) is 9.31. The van der Waals surface area contributed by atoms with Gasteiger partial charge in [0.25, 0.3) is 0 Å². The summed E-state index contributed by atoms with van der Waals surface area (Å²) in [6.45, 7) is 0. The van der Waals surface area contributed by atoms with Crippen molar-refractivity contribution in [3.05, 3.63) is 29.8 Å². The van der Waals surface area contributed by atoms with Crippen LogP contribution >= 0.6 is 0 Å². The molecule has 0 fully saturated rings. The van der Waals surface area contributed by atoms with Crippen LogP contribution in [0.5, 0.6) is 0 Å². The van der Waals surface area contributed by atoms with E-state index in [1.54, 1.807) is 24.3 Å².